The SMILES string of the molecule is CC1(C)N=C(N)N=C(N)N1c1cc(C(F)(F)F)cc(C(F)(F)F)c1.Cl. The maximum atomic E-state index is 13.0. The van der Waals surface area contributed by atoms with Crippen LogP contribution in [0.25, 0.3) is 0 Å². The number of nitrogens with zero attached hydrogens (tertiary/aromatic N) is 3. The minimum absolute atomic E-state index is 0. The van der Waals surface area contributed by atoms with Gasteiger partial charge in [0.2, 0.25) is 11.9 Å². The summed E-state index contributed by atoms with van der Waals surface area (Å²) in [5.41, 5.74) is 6.40. The lowest BCUT2D eigenvalue weighted by molar-refractivity contribution is -0.143. The Labute approximate surface area is 144 Å². The molecule has 1 heterocycles. The maximum Gasteiger partial charge on any atom is 0.416 e. The zero-order valence-electron chi connectivity index (χ0n) is 12.9. The number of hydrogen-bond donors (Lipinski definition) is 2. The van der Waals surface area contributed by atoms with Crippen molar-refractivity contribution in [1.29, 1.82) is 0 Å². The molecule has 1 aromatic rings. The van der Waals surface area contributed by atoms with Gasteiger partial charge in [-0.15, -0.1) is 12.4 Å². The zero-order chi connectivity index (χ0) is 18.5. The normalized spacial score (nSPS) is 17.5. The fourth-order valence-electron chi connectivity index (χ4n) is 2.32. The van der Waals surface area contributed by atoms with Crippen LogP contribution in [0.5, 0.6) is 0 Å². The molecule has 0 radical (unpaired) electrons. The highest BCUT2D eigenvalue weighted by Gasteiger charge is 2.40. The van der Waals surface area contributed by atoms with Gasteiger partial charge in [0.1, 0.15) is 5.66 Å². The largest absolute Gasteiger partial charge is 0.416 e. The first-order valence-corrected chi connectivity index (χ1v) is 6.51. The van der Waals surface area contributed by atoms with Gasteiger partial charge < -0.3 is 11.5 Å². The average Bonchev–Trinajstić information content (AvgIpc) is 2.33. The second-order valence-electron chi connectivity index (χ2n) is 5.53. The molecule has 0 bridgehead atoms. The van der Waals surface area contributed by atoms with Crippen LogP contribution < -0.4 is 16.4 Å². The lowest BCUT2D eigenvalue weighted by atomic mass is 10.1. The Morgan fingerprint density at radius 2 is 1.36 bits per heavy atom. The highest BCUT2D eigenvalue weighted by molar-refractivity contribution is 6.05. The molecule has 0 unspecified atom stereocenters. The second kappa shape index (κ2) is 6.28. The van der Waals surface area contributed by atoms with E-state index in [0.29, 0.717) is 12.1 Å². The van der Waals surface area contributed by atoms with Crippen LogP contribution in [0.4, 0.5) is 32.0 Å². The molecule has 0 amide bonds. The molecule has 1 aromatic carbocycles. The van der Waals surface area contributed by atoms with Crippen LogP contribution >= 0.6 is 12.4 Å². The number of aliphatic imine (C=N–C) groups is 2. The van der Waals surface area contributed by atoms with Gasteiger partial charge in [-0.2, -0.15) is 31.3 Å². The van der Waals surface area contributed by atoms with Crippen LogP contribution in [0.15, 0.2) is 28.2 Å². The van der Waals surface area contributed by atoms with Gasteiger partial charge in [0.25, 0.3) is 0 Å². The first-order valence-electron chi connectivity index (χ1n) is 6.51. The summed E-state index contributed by atoms with van der Waals surface area (Å²) in [7, 11) is 0. The number of hydrogen-bond acceptors (Lipinski definition) is 5. The summed E-state index contributed by atoms with van der Waals surface area (Å²) >= 11 is 0. The molecule has 0 atom stereocenters. The molecule has 2 rings (SSSR count). The van der Waals surface area contributed by atoms with Crippen LogP contribution in [-0.4, -0.2) is 17.6 Å². The predicted molar refractivity (Wildman–Crippen MR) is 83.5 cm³/mol. The van der Waals surface area contributed by atoms with Crippen LogP contribution in [-0.2, 0) is 12.4 Å². The minimum atomic E-state index is -4.97. The Balaban J connectivity index is 0.00000312. The first kappa shape index (κ1) is 20.9. The lowest BCUT2D eigenvalue weighted by Crippen LogP contribution is -2.54. The number of alkyl halides is 6. The van der Waals surface area contributed by atoms with Crippen molar-refractivity contribution in [2.24, 2.45) is 21.5 Å². The summed E-state index contributed by atoms with van der Waals surface area (Å²) in [6.07, 6.45) is -9.94. The quantitative estimate of drug-likeness (QED) is 0.723. The highest BCUT2D eigenvalue weighted by atomic mass is 35.5. The molecule has 0 aliphatic carbocycles. The van der Waals surface area contributed by atoms with Crippen molar-refractivity contribution in [2.45, 2.75) is 31.9 Å². The third-order valence-electron chi connectivity index (χ3n) is 3.22. The van der Waals surface area contributed by atoms with Crippen LogP contribution in [0, 0.1) is 0 Å². The Bertz CT molecular complexity index is 690. The van der Waals surface area contributed by atoms with Gasteiger partial charge in [-0.05, 0) is 32.0 Å². The zero-order valence-corrected chi connectivity index (χ0v) is 13.7. The van der Waals surface area contributed by atoms with E-state index >= 15 is 0 Å². The van der Waals surface area contributed by atoms with Gasteiger partial charge in [-0.25, -0.2) is 4.99 Å². The van der Waals surface area contributed by atoms with E-state index in [1.54, 1.807) is 0 Å². The van der Waals surface area contributed by atoms with Gasteiger partial charge in [0, 0.05) is 5.69 Å². The summed E-state index contributed by atoms with van der Waals surface area (Å²) in [5, 5.41) is 0. The smallest absolute Gasteiger partial charge is 0.369 e. The summed E-state index contributed by atoms with van der Waals surface area (Å²) in [6, 6.07) is 1.14. The van der Waals surface area contributed by atoms with Crippen molar-refractivity contribution in [3.05, 3.63) is 29.3 Å². The Morgan fingerprint density at radius 3 is 1.72 bits per heavy atom. The fraction of sp³-hybridized carbons (Fsp3) is 0.385. The van der Waals surface area contributed by atoms with Crippen molar-refractivity contribution in [2.75, 3.05) is 4.90 Å². The number of guanidine groups is 2. The summed E-state index contributed by atoms with van der Waals surface area (Å²) in [4.78, 5) is 8.45. The predicted octanol–water partition coefficient (Wildman–Crippen LogP) is 3.33. The minimum Gasteiger partial charge on any atom is -0.369 e. The third kappa shape index (κ3) is 4.27. The van der Waals surface area contributed by atoms with Crippen molar-refractivity contribution >= 4 is 30.0 Å². The number of anilines is 1. The molecule has 5 nitrogen and oxygen atoms in total. The van der Waals surface area contributed by atoms with Crippen LogP contribution in [0.3, 0.4) is 0 Å². The van der Waals surface area contributed by atoms with E-state index in [1.807, 2.05) is 0 Å². The summed E-state index contributed by atoms with van der Waals surface area (Å²) in [5.74, 6) is -0.586. The molecule has 12 heteroatoms. The number of benzene rings is 1. The summed E-state index contributed by atoms with van der Waals surface area (Å²) in [6.45, 7) is 2.85. The van der Waals surface area contributed by atoms with Crippen molar-refractivity contribution in [1.82, 2.24) is 0 Å². The monoisotopic (exact) mass is 389 g/mol. The van der Waals surface area contributed by atoms with Gasteiger partial charge >= 0.3 is 12.4 Å². The Morgan fingerprint density at radius 1 is 0.920 bits per heavy atom. The number of nitrogens with two attached hydrogens (primary N) is 2. The van der Waals surface area contributed by atoms with Crippen molar-refractivity contribution in [3.8, 4) is 0 Å². The van der Waals surface area contributed by atoms with E-state index in [4.69, 9.17) is 11.5 Å². The van der Waals surface area contributed by atoms with Gasteiger partial charge in [-0.3, -0.25) is 4.90 Å². The molecule has 4 N–H and O–H groups in total. The van der Waals surface area contributed by atoms with E-state index < -0.39 is 34.8 Å². The van der Waals surface area contributed by atoms with Gasteiger partial charge in [-0.1, -0.05) is 0 Å². The molecule has 0 saturated carbocycles. The molecule has 140 valence electrons. The second-order valence-corrected chi connectivity index (χ2v) is 5.53. The molecular formula is C13H14ClF6N5. The Hall–Kier alpha value is -2.17. The van der Waals surface area contributed by atoms with Crippen LogP contribution in [0.1, 0.15) is 25.0 Å². The molecule has 0 fully saturated rings. The number of halogens is 7. The van der Waals surface area contributed by atoms with Gasteiger partial charge in [0.05, 0.1) is 11.1 Å². The van der Waals surface area contributed by atoms with E-state index in [1.165, 1.54) is 13.8 Å². The average molecular weight is 390 g/mol. The van der Waals surface area contributed by atoms with Crippen LogP contribution in [0.2, 0.25) is 0 Å². The van der Waals surface area contributed by atoms with Crippen molar-refractivity contribution in [3.63, 3.8) is 0 Å². The first-order chi connectivity index (χ1) is 10.7. The third-order valence-corrected chi connectivity index (χ3v) is 3.22. The Kier molecular flexibility index (Phi) is 5.25. The standard InChI is InChI=1S/C13H13F6N5.ClH/c1-11(2)23-9(20)22-10(21)24(11)8-4-6(12(14,15)16)3-7(5-8)13(17,18)19;/h3-5H,1-2H3,(H4,20,21,22,23);1H. The fourth-order valence-corrected chi connectivity index (χ4v) is 2.32. The molecule has 0 aromatic heterocycles. The van der Waals surface area contributed by atoms with E-state index in [-0.39, 0.29) is 30.4 Å². The molecular weight excluding hydrogens is 376 g/mol. The lowest BCUT2D eigenvalue weighted by Gasteiger charge is -2.38. The topological polar surface area (TPSA) is 80.0 Å². The molecule has 0 saturated heterocycles. The van der Waals surface area contributed by atoms with E-state index in [0.717, 1.165) is 4.90 Å². The molecule has 0 spiro atoms. The van der Waals surface area contributed by atoms with E-state index in [9.17, 15) is 26.3 Å². The maximum absolute atomic E-state index is 13.0. The number of rotatable bonds is 1. The molecule has 1 aliphatic rings. The molecule has 1 aliphatic heterocycles. The highest BCUT2D eigenvalue weighted by Crippen LogP contribution is 2.40. The van der Waals surface area contributed by atoms with Crippen molar-refractivity contribution < 1.29 is 26.3 Å². The molecule has 25 heavy (non-hydrogen) atoms. The van der Waals surface area contributed by atoms with E-state index in [2.05, 4.69) is 9.98 Å². The summed E-state index contributed by atoms with van der Waals surface area (Å²) < 4.78 is 77.8. The van der Waals surface area contributed by atoms with Gasteiger partial charge in [0.15, 0.2) is 0 Å².